The highest BCUT2D eigenvalue weighted by Crippen LogP contribution is 2.31. The van der Waals surface area contributed by atoms with Gasteiger partial charge in [0.25, 0.3) is 0 Å². The van der Waals surface area contributed by atoms with Crippen LogP contribution in [-0.2, 0) is 6.54 Å². The van der Waals surface area contributed by atoms with Gasteiger partial charge < -0.3 is 11.5 Å². The standard InChI is InChI=1S/C22H17FN10S/c23-15-9-5-4-6-13(15)12-33-21(22-26-10-11-34-22)29-20(32-33)19-27-17(24)16(18(25)28-19)31-30-14-7-2-1-3-8-14/h1-11H,12H2,(H4,24,25,27,28). The van der Waals surface area contributed by atoms with Crippen molar-refractivity contribution in [3.8, 4) is 22.5 Å². The molecule has 0 aliphatic rings. The summed E-state index contributed by atoms with van der Waals surface area (Å²) in [6, 6.07) is 15.6. The highest BCUT2D eigenvalue weighted by molar-refractivity contribution is 7.13. The monoisotopic (exact) mass is 472 g/mol. The summed E-state index contributed by atoms with van der Waals surface area (Å²) in [6.45, 7) is 0.142. The van der Waals surface area contributed by atoms with Crippen molar-refractivity contribution < 1.29 is 4.39 Å². The SMILES string of the molecule is Nc1nc(-c2nc(-c3nccs3)n(Cc3ccccc3F)n2)nc(N)c1N=Nc1ccccc1. The van der Waals surface area contributed by atoms with Crippen LogP contribution >= 0.6 is 11.3 Å². The van der Waals surface area contributed by atoms with Gasteiger partial charge in [0.1, 0.15) is 5.82 Å². The van der Waals surface area contributed by atoms with Crippen LogP contribution < -0.4 is 11.5 Å². The third-order valence-corrected chi connectivity index (χ3v) is 5.50. The number of nitrogens with zero attached hydrogens (tertiary/aromatic N) is 8. The van der Waals surface area contributed by atoms with Crippen LogP contribution in [0, 0.1) is 5.82 Å². The van der Waals surface area contributed by atoms with E-state index in [0.717, 1.165) is 0 Å². The highest BCUT2D eigenvalue weighted by atomic mass is 32.1. The van der Waals surface area contributed by atoms with E-state index in [-0.39, 0.29) is 41.3 Å². The molecule has 0 saturated carbocycles. The molecule has 0 amide bonds. The molecule has 0 saturated heterocycles. The number of thiazole rings is 1. The second kappa shape index (κ2) is 9.11. The van der Waals surface area contributed by atoms with Gasteiger partial charge in [0.15, 0.2) is 28.2 Å². The molecule has 0 radical (unpaired) electrons. The number of halogens is 1. The third-order valence-electron chi connectivity index (χ3n) is 4.73. The lowest BCUT2D eigenvalue weighted by atomic mass is 10.2. The molecule has 0 aliphatic heterocycles. The molecule has 0 unspecified atom stereocenters. The molecule has 12 heteroatoms. The van der Waals surface area contributed by atoms with Crippen molar-refractivity contribution in [3.05, 3.63) is 77.6 Å². The Morgan fingerprint density at radius 3 is 2.32 bits per heavy atom. The Hall–Kier alpha value is -4.58. The zero-order chi connectivity index (χ0) is 23.5. The van der Waals surface area contributed by atoms with E-state index in [9.17, 15) is 4.39 Å². The molecule has 4 N–H and O–H groups in total. The summed E-state index contributed by atoms with van der Waals surface area (Å²) in [7, 11) is 0. The Morgan fingerprint density at radius 2 is 1.62 bits per heavy atom. The second-order valence-corrected chi connectivity index (χ2v) is 7.94. The number of aromatic nitrogens is 6. The fraction of sp³-hybridized carbons (Fsp3) is 0.0455. The van der Waals surface area contributed by atoms with E-state index in [4.69, 9.17) is 11.5 Å². The lowest BCUT2D eigenvalue weighted by molar-refractivity contribution is 0.587. The average Bonchev–Trinajstić information content (AvgIpc) is 3.51. The van der Waals surface area contributed by atoms with Gasteiger partial charge in [-0.15, -0.1) is 21.5 Å². The van der Waals surface area contributed by atoms with E-state index in [1.165, 1.54) is 17.4 Å². The molecule has 0 atom stereocenters. The molecule has 5 aromatic rings. The topological polar surface area (TPSA) is 146 Å². The lowest BCUT2D eigenvalue weighted by Crippen LogP contribution is -2.06. The van der Waals surface area contributed by atoms with Gasteiger partial charge in [0.2, 0.25) is 11.6 Å². The maximum Gasteiger partial charge on any atom is 0.219 e. The van der Waals surface area contributed by atoms with Crippen LogP contribution in [0.15, 0.2) is 76.4 Å². The summed E-state index contributed by atoms with van der Waals surface area (Å²) in [5.74, 6) is 0.446. The molecule has 0 spiro atoms. The molecule has 3 heterocycles. The van der Waals surface area contributed by atoms with Crippen molar-refractivity contribution >= 4 is 34.3 Å². The minimum Gasteiger partial charge on any atom is -0.382 e. The number of nitrogen functional groups attached to an aromatic ring is 2. The van der Waals surface area contributed by atoms with E-state index < -0.39 is 0 Å². The fourth-order valence-corrected chi connectivity index (χ4v) is 3.75. The van der Waals surface area contributed by atoms with Gasteiger partial charge in [0.05, 0.1) is 12.2 Å². The zero-order valence-electron chi connectivity index (χ0n) is 17.6. The van der Waals surface area contributed by atoms with Crippen molar-refractivity contribution in [3.63, 3.8) is 0 Å². The molecule has 10 nitrogen and oxygen atoms in total. The van der Waals surface area contributed by atoms with Gasteiger partial charge in [-0.1, -0.05) is 36.4 Å². The maximum atomic E-state index is 14.3. The van der Waals surface area contributed by atoms with Gasteiger partial charge in [-0.05, 0) is 18.2 Å². The van der Waals surface area contributed by atoms with Crippen molar-refractivity contribution in [2.45, 2.75) is 6.54 Å². The van der Waals surface area contributed by atoms with E-state index in [1.54, 1.807) is 41.2 Å². The Morgan fingerprint density at radius 1 is 0.882 bits per heavy atom. The van der Waals surface area contributed by atoms with Crippen LogP contribution in [0.5, 0.6) is 0 Å². The number of nitrogens with two attached hydrogens (primary N) is 2. The molecular formula is C22H17FN10S. The van der Waals surface area contributed by atoms with Crippen LogP contribution in [0.2, 0.25) is 0 Å². The predicted octanol–water partition coefficient (Wildman–Crippen LogP) is 4.63. The van der Waals surface area contributed by atoms with Crippen LogP contribution in [0.25, 0.3) is 22.5 Å². The Labute approximate surface area is 196 Å². The molecule has 2 aromatic carbocycles. The summed E-state index contributed by atoms with van der Waals surface area (Å²) < 4.78 is 15.8. The van der Waals surface area contributed by atoms with E-state index >= 15 is 0 Å². The van der Waals surface area contributed by atoms with E-state index in [2.05, 4.69) is 35.3 Å². The second-order valence-electron chi connectivity index (χ2n) is 7.05. The van der Waals surface area contributed by atoms with Crippen LogP contribution in [-0.4, -0.2) is 29.7 Å². The van der Waals surface area contributed by atoms with Crippen molar-refractivity contribution in [1.29, 1.82) is 0 Å². The van der Waals surface area contributed by atoms with Crippen molar-refractivity contribution in [1.82, 2.24) is 29.7 Å². The number of anilines is 2. The van der Waals surface area contributed by atoms with Crippen molar-refractivity contribution in [2.24, 2.45) is 10.2 Å². The molecular weight excluding hydrogens is 455 g/mol. The molecule has 5 rings (SSSR count). The number of rotatable bonds is 6. The number of hydrogen-bond donors (Lipinski definition) is 2. The Kier molecular flexibility index (Phi) is 5.70. The summed E-state index contributed by atoms with van der Waals surface area (Å²) in [6.07, 6.45) is 1.65. The first-order chi connectivity index (χ1) is 16.6. The van der Waals surface area contributed by atoms with Gasteiger partial charge in [-0.2, -0.15) is 5.11 Å². The minimum atomic E-state index is -0.345. The van der Waals surface area contributed by atoms with Crippen molar-refractivity contribution in [2.75, 3.05) is 11.5 Å². The molecule has 168 valence electrons. The summed E-state index contributed by atoms with van der Waals surface area (Å²) in [5.41, 5.74) is 13.4. The molecule has 0 fully saturated rings. The Balaban J connectivity index is 1.52. The largest absolute Gasteiger partial charge is 0.382 e. The first-order valence-electron chi connectivity index (χ1n) is 10.1. The smallest absolute Gasteiger partial charge is 0.219 e. The Bertz CT molecular complexity index is 1440. The van der Waals surface area contributed by atoms with E-state index in [0.29, 0.717) is 22.1 Å². The first kappa shape index (κ1) is 21.3. The quantitative estimate of drug-likeness (QED) is 0.343. The number of azo groups is 1. The van der Waals surface area contributed by atoms with Crippen LogP contribution in [0.1, 0.15) is 5.56 Å². The van der Waals surface area contributed by atoms with Gasteiger partial charge in [-0.25, -0.2) is 29.0 Å². The van der Waals surface area contributed by atoms with Gasteiger partial charge in [0, 0.05) is 17.1 Å². The van der Waals surface area contributed by atoms with Gasteiger partial charge >= 0.3 is 0 Å². The summed E-state index contributed by atoms with van der Waals surface area (Å²) in [5, 5.41) is 15.1. The average molecular weight is 473 g/mol. The lowest BCUT2D eigenvalue weighted by Gasteiger charge is -2.05. The fourth-order valence-electron chi connectivity index (χ4n) is 3.12. The predicted molar refractivity (Wildman–Crippen MR) is 127 cm³/mol. The molecule has 3 aromatic heterocycles. The molecule has 34 heavy (non-hydrogen) atoms. The van der Waals surface area contributed by atoms with Gasteiger partial charge in [-0.3, -0.25) is 0 Å². The summed E-state index contributed by atoms with van der Waals surface area (Å²) >= 11 is 1.38. The summed E-state index contributed by atoms with van der Waals surface area (Å²) in [4.78, 5) is 17.4. The molecule has 0 bridgehead atoms. The van der Waals surface area contributed by atoms with Crippen LogP contribution in [0.3, 0.4) is 0 Å². The molecule has 0 aliphatic carbocycles. The van der Waals surface area contributed by atoms with E-state index in [1.807, 2.05) is 23.6 Å². The first-order valence-corrected chi connectivity index (χ1v) is 10.9. The van der Waals surface area contributed by atoms with Crippen LogP contribution in [0.4, 0.5) is 27.4 Å². The maximum absolute atomic E-state index is 14.3. The highest BCUT2D eigenvalue weighted by Gasteiger charge is 2.20. The normalized spacial score (nSPS) is 11.3. The number of hydrogen-bond acceptors (Lipinski definition) is 10. The third kappa shape index (κ3) is 4.34. The number of benzene rings is 2. The minimum absolute atomic E-state index is 0.0310. The zero-order valence-corrected chi connectivity index (χ0v) is 18.4.